The molecule has 0 aromatic rings. The lowest BCUT2D eigenvalue weighted by Crippen LogP contribution is -2.06. The van der Waals surface area contributed by atoms with Crippen molar-refractivity contribution in [3.8, 4) is 0 Å². The van der Waals surface area contributed by atoms with E-state index in [1.165, 1.54) is 70.6 Å². The minimum Gasteiger partial charge on any atom is -0.0654 e. The standard InChI is InChI=1S/C17H36/c1-5-8-10-11-12-14-17(7-3)15-16(4)13-9-6-2/h16-17H,5-15H2,1-4H3. The maximum absolute atomic E-state index is 2.45. The fourth-order valence-corrected chi connectivity index (χ4v) is 2.76. The van der Waals surface area contributed by atoms with Crippen molar-refractivity contribution < 1.29 is 0 Å². The van der Waals surface area contributed by atoms with Gasteiger partial charge in [-0.2, -0.15) is 0 Å². The van der Waals surface area contributed by atoms with Gasteiger partial charge < -0.3 is 0 Å². The second-order valence-corrected chi connectivity index (χ2v) is 5.96. The maximum atomic E-state index is 2.45. The van der Waals surface area contributed by atoms with Gasteiger partial charge in [-0.15, -0.1) is 0 Å². The summed E-state index contributed by atoms with van der Waals surface area (Å²) in [5.74, 6) is 1.96. The highest BCUT2D eigenvalue weighted by atomic mass is 14.2. The topological polar surface area (TPSA) is 0 Å². The van der Waals surface area contributed by atoms with Crippen LogP contribution in [0.2, 0.25) is 0 Å². The molecule has 0 aliphatic rings. The molecule has 104 valence electrons. The molecule has 0 N–H and O–H groups in total. The van der Waals surface area contributed by atoms with Crippen molar-refractivity contribution in [1.82, 2.24) is 0 Å². The highest BCUT2D eigenvalue weighted by Gasteiger charge is 2.10. The normalized spacial score (nSPS) is 14.8. The zero-order chi connectivity index (χ0) is 12.9. The van der Waals surface area contributed by atoms with Gasteiger partial charge in [0.05, 0.1) is 0 Å². The smallest absolute Gasteiger partial charge is 0.0414 e. The molecule has 0 aliphatic carbocycles. The Morgan fingerprint density at radius 1 is 0.706 bits per heavy atom. The van der Waals surface area contributed by atoms with Crippen LogP contribution >= 0.6 is 0 Å². The van der Waals surface area contributed by atoms with Crippen LogP contribution < -0.4 is 0 Å². The minimum absolute atomic E-state index is 0.954. The summed E-state index contributed by atoms with van der Waals surface area (Å²) in [7, 11) is 0. The quantitative estimate of drug-likeness (QED) is 0.338. The highest BCUT2D eigenvalue weighted by Crippen LogP contribution is 2.24. The van der Waals surface area contributed by atoms with Crippen molar-refractivity contribution in [2.45, 2.75) is 98.3 Å². The Kier molecular flexibility index (Phi) is 12.5. The molecular formula is C17H36. The van der Waals surface area contributed by atoms with Crippen LogP contribution in [0, 0.1) is 11.8 Å². The lowest BCUT2D eigenvalue weighted by molar-refractivity contribution is 0.332. The van der Waals surface area contributed by atoms with Crippen LogP contribution in [0.4, 0.5) is 0 Å². The summed E-state index contributed by atoms with van der Waals surface area (Å²) in [5.41, 5.74) is 0. The predicted octanol–water partition coefficient (Wildman–Crippen LogP) is 6.59. The molecule has 0 saturated heterocycles. The summed E-state index contributed by atoms with van der Waals surface area (Å²) < 4.78 is 0. The Hall–Kier alpha value is 0. The monoisotopic (exact) mass is 240 g/mol. The molecule has 2 unspecified atom stereocenters. The lowest BCUT2D eigenvalue weighted by atomic mass is 9.87. The number of unbranched alkanes of at least 4 members (excludes halogenated alkanes) is 5. The molecular weight excluding hydrogens is 204 g/mol. The van der Waals surface area contributed by atoms with E-state index < -0.39 is 0 Å². The van der Waals surface area contributed by atoms with Gasteiger partial charge in [0.2, 0.25) is 0 Å². The minimum atomic E-state index is 0.954. The van der Waals surface area contributed by atoms with Crippen LogP contribution in [0.15, 0.2) is 0 Å². The number of rotatable bonds is 12. The second-order valence-electron chi connectivity index (χ2n) is 5.96. The van der Waals surface area contributed by atoms with Crippen LogP contribution in [-0.4, -0.2) is 0 Å². The Morgan fingerprint density at radius 3 is 1.94 bits per heavy atom. The first-order valence-corrected chi connectivity index (χ1v) is 8.24. The molecule has 0 radical (unpaired) electrons. The first-order chi connectivity index (χ1) is 8.24. The van der Waals surface area contributed by atoms with E-state index in [-0.39, 0.29) is 0 Å². The largest absolute Gasteiger partial charge is 0.0654 e. The molecule has 0 heteroatoms. The predicted molar refractivity (Wildman–Crippen MR) is 80.5 cm³/mol. The molecule has 17 heavy (non-hydrogen) atoms. The molecule has 0 aromatic carbocycles. The zero-order valence-electron chi connectivity index (χ0n) is 12.9. The molecule has 0 heterocycles. The van der Waals surface area contributed by atoms with E-state index in [2.05, 4.69) is 27.7 Å². The van der Waals surface area contributed by atoms with Gasteiger partial charge in [0.25, 0.3) is 0 Å². The van der Waals surface area contributed by atoms with Gasteiger partial charge in [-0.25, -0.2) is 0 Å². The molecule has 0 fully saturated rings. The SMILES string of the molecule is CCCCCCCC(CC)CC(C)CCCC. The van der Waals surface area contributed by atoms with Gasteiger partial charge in [-0.1, -0.05) is 91.9 Å². The molecule has 0 aromatic heterocycles. The second kappa shape index (κ2) is 12.5. The molecule has 2 atom stereocenters. The van der Waals surface area contributed by atoms with E-state index in [0.29, 0.717) is 0 Å². The Labute approximate surface area is 111 Å². The summed E-state index contributed by atoms with van der Waals surface area (Å²) in [6.07, 6.45) is 15.8. The van der Waals surface area contributed by atoms with Crippen LogP contribution in [0.3, 0.4) is 0 Å². The third-order valence-electron chi connectivity index (χ3n) is 4.08. The first-order valence-electron chi connectivity index (χ1n) is 8.24. The lowest BCUT2D eigenvalue weighted by Gasteiger charge is -2.19. The van der Waals surface area contributed by atoms with E-state index in [1.807, 2.05) is 0 Å². The van der Waals surface area contributed by atoms with E-state index in [4.69, 9.17) is 0 Å². The highest BCUT2D eigenvalue weighted by molar-refractivity contribution is 4.63. The van der Waals surface area contributed by atoms with Crippen molar-refractivity contribution in [1.29, 1.82) is 0 Å². The average molecular weight is 240 g/mol. The van der Waals surface area contributed by atoms with E-state index in [9.17, 15) is 0 Å². The van der Waals surface area contributed by atoms with Crippen LogP contribution in [-0.2, 0) is 0 Å². The van der Waals surface area contributed by atoms with E-state index in [1.54, 1.807) is 0 Å². The Morgan fingerprint density at radius 2 is 1.35 bits per heavy atom. The Balaban J connectivity index is 3.53. The molecule has 0 spiro atoms. The summed E-state index contributed by atoms with van der Waals surface area (Å²) in [5, 5.41) is 0. The summed E-state index contributed by atoms with van der Waals surface area (Å²) in [6.45, 7) is 9.43. The summed E-state index contributed by atoms with van der Waals surface area (Å²) in [6, 6.07) is 0. The summed E-state index contributed by atoms with van der Waals surface area (Å²) in [4.78, 5) is 0. The van der Waals surface area contributed by atoms with Crippen LogP contribution in [0.1, 0.15) is 98.3 Å². The van der Waals surface area contributed by atoms with Gasteiger partial charge in [0, 0.05) is 0 Å². The first kappa shape index (κ1) is 17.0. The summed E-state index contributed by atoms with van der Waals surface area (Å²) >= 11 is 0. The van der Waals surface area contributed by atoms with Gasteiger partial charge >= 0.3 is 0 Å². The average Bonchev–Trinajstić information content (AvgIpc) is 2.34. The maximum Gasteiger partial charge on any atom is -0.0414 e. The molecule has 0 bridgehead atoms. The molecule has 0 aliphatic heterocycles. The van der Waals surface area contributed by atoms with Crippen molar-refractivity contribution in [3.63, 3.8) is 0 Å². The van der Waals surface area contributed by atoms with Gasteiger partial charge in [0.1, 0.15) is 0 Å². The number of hydrogen-bond donors (Lipinski definition) is 0. The van der Waals surface area contributed by atoms with Crippen molar-refractivity contribution >= 4 is 0 Å². The molecule has 0 amide bonds. The van der Waals surface area contributed by atoms with Crippen LogP contribution in [0.25, 0.3) is 0 Å². The van der Waals surface area contributed by atoms with Gasteiger partial charge in [-0.05, 0) is 18.3 Å². The van der Waals surface area contributed by atoms with Crippen molar-refractivity contribution in [2.24, 2.45) is 11.8 Å². The fraction of sp³-hybridized carbons (Fsp3) is 1.00. The van der Waals surface area contributed by atoms with Gasteiger partial charge in [0.15, 0.2) is 0 Å². The zero-order valence-corrected chi connectivity index (χ0v) is 12.9. The molecule has 0 rings (SSSR count). The third-order valence-corrected chi connectivity index (χ3v) is 4.08. The van der Waals surface area contributed by atoms with E-state index >= 15 is 0 Å². The van der Waals surface area contributed by atoms with Crippen LogP contribution in [0.5, 0.6) is 0 Å². The van der Waals surface area contributed by atoms with Crippen molar-refractivity contribution in [3.05, 3.63) is 0 Å². The molecule has 0 nitrogen and oxygen atoms in total. The Bertz CT molecular complexity index is 139. The molecule has 0 saturated carbocycles. The third kappa shape index (κ3) is 10.9. The number of hydrogen-bond acceptors (Lipinski definition) is 0. The van der Waals surface area contributed by atoms with Gasteiger partial charge in [-0.3, -0.25) is 0 Å². The fourth-order valence-electron chi connectivity index (χ4n) is 2.76. The van der Waals surface area contributed by atoms with Crippen molar-refractivity contribution in [2.75, 3.05) is 0 Å². The van der Waals surface area contributed by atoms with E-state index in [0.717, 1.165) is 11.8 Å².